The quantitative estimate of drug-likeness (QED) is 0.147. The van der Waals surface area contributed by atoms with Crippen molar-refractivity contribution in [1.29, 1.82) is 0 Å². The maximum Gasteiger partial charge on any atom is 0.305 e. The summed E-state index contributed by atoms with van der Waals surface area (Å²) in [6.07, 6.45) is 0.572. The molecule has 0 atom stereocenters. The molecule has 0 spiro atoms. The van der Waals surface area contributed by atoms with Crippen LogP contribution >= 0.6 is 0 Å². The molecule has 0 saturated heterocycles. The van der Waals surface area contributed by atoms with Gasteiger partial charge in [0, 0.05) is 25.7 Å². The van der Waals surface area contributed by atoms with Gasteiger partial charge in [-0.1, -0.05) is 0 Å². The molecule has 0 aromatic carbocycles. The van der Waals surface area contributed by atoms with Crippen molar-refractivity contribution < 1.29 is 54.2 Å². The van der Waals surface area contributed by atoms with Gasteiger partial charge in [-0.25, -0.2) is 0 Å². The van der Waals surface area contributed by atoms with E-state index < -0.39 is 36.8 Å². The Morgan fingerprint density at radius 3 is 1.48 bits per heavy atom. The van der Waals surface area contributed by atoms with E-state index in [4.69, 9.17) is 25.5 Å². The molecule has 11 heteroatoms. The van der Waals surface area contributed by atoms with Crippen LogP contribution in [0.3, 0.4) is 0 Å². The summed E-state index contributed by atoms with van der Waals surface area (Å²) in [4.78, 5) is 41.7. The molecule has 0 aromatic heterocycles. The van der Waals surface area contributed by atoms with Crippen LogP contribution in [0.1, 0.15) is 51.4 Å². The molecule has 0 unspecified atom stereocenters. The first-order valence-electron chi connectivity index (χ1n) is 8.40. The minimum absolute atomic E-state index is 0.0186. The summed E-state index contributed by atoms with van der Waals surface area (Å²) in [6, 6.07) is 0. The predicted molar refractivity (Wildman–Crippen MR) is 89.4 cm³/mol. The number of ether oxygens (including phenoxy) is 2. The van der Waals surface area contributed by atoms with Gasteiger partial charge in [-0.2, -0.15) is 0 Å². The molecule has 0 aliphatic carbocycles. The smallest absolute Gasteiger partial charge is 0.305 e. The third-order valence-electron chi connectivity index (χ3n) is 2.79. The molecule has 27 heavy (non-hydrogen) atoms. The number of carboxylic acid groups (broad SMARTS) is 2. The van der Waals surface area contributed by atoms with Crippen LogP contribution in [-0.2, 0) is 28.7 Å². The summed E-state index contributed by atoms with van der Waals surface area (Å²) in [5, 5.41) is 41.5. The monoisotopic (exact) mass is 396 g/mol. The van der Waals surface area contributed by atoms with E-state index in [1.165, 1.54) is 0 Å². The fourth-order valence-electron chi connectivity index (χ4n) is 1.56. The van der Waals surface area contributed by atoms with Crippen LogP contribution in [-0.4, -0.2) is 75.5 Å². The van der Waals surface area contributed by atoms with E-state index in [2.05, 4.69) is 9.47 Å². The van der Waals surface area contributed by atoms with Crippen LogP contribution in [0.25, 0.3) is 0 Å². The summed E-state index contributed by atoms with van der Waals surface area (Å²) in [5.74, 6) is -2.70. The number of aliphatic hydroxyl groups excluding tert-OH is 2. The van der Waals surface area contributed by atoms with Crippen LogP contribution in [0.15, 0.2) is 0 Å². The number of esters is 2. The van der Waals surface area contributed by atoms with Gasteiger partial charge in [0.15, 0.2) is 6.29 Å². The van der Waals surface area contributed by atoms with E-state index in [1.807, 2.05) is 0 Å². The summed E-state index contributed by atoms with van der Waals surface area (Å²) >= 11 is 0. The molecule has 11 nitrogen and oxygen atoms in total. The Bertz CT molecular complexity index is 418. The summed E-state index contributed by atoms with van der Waals surface area (Å²) < 4.78 is 9.09. The van der Waals surface area contributed by atoms with Gasteiger partial charge in [0.2, 0.25) is 0 Å². The Morgan fingerprint density at radius 2 is 1.11 bits per heavy atom. The zero-order chi connectivity index (χ0) is 21.1. The van der Waals surface area contributed by atoms with E-state index in [-0.39, 0.29) is 38.9 Å². The number of aliphatic hydroxyl groups is 3. The molecule has 0 rings (SSSR count). The Kier molecular flexibility index (Phi) is 18.5. The summed E-state index contributed by atoms with van der Waals surface area (Å²) in [5.41, 5.74) is 0. The zero-order valence-electron chi connectivity index (χ0n) is 15.0. The molecule has 0 amide bonds. The second kappa shape index (κ2) is 18.5. The topological polar surface area (TPSA) is 188 Å². The highest BCUT2D eigenvalue weighted by molar-refractivity contribution is 5.70. The number of carbonyl (C=O) groups excluding carboxylic acids is 2. The van der Waals surface area contributed by atoms with E-state index in [9.17, 15) is 19.2 Å². The number of carboxylic acids is 2. The third-order valence-corrected chi connectivity index (χ3v) is 2.79. The van der Waals surface area contributed by atoms with E-state index >= 15 is 0 Å². The molecular formula is C16H28O11. The average Bonchev–Trinajstić information content (AvgIpc) is 2.59. The van der Waals surface area contributed by atoms with Crippen molar-refractivity contribution in [1.82, 2.24) is 0 Å². The number of carbonyl (C=O) groups is 4. The first-order chi connectivity index (χ1) is 12.7. The highest BCUT2D eigenvalue weighted by Crippen LogP contribution is 2.03. The minimum atomic E-state index is -1.66. The number of unbranched alkanes of at least 4 members (excludes halogenated alkanes) is 2. The van der Waals surface area contributed by atoms with Gasteiger partial charge in [-0.15, -0.1) is 0 Å². The molecule has 0 aliphatic rings. The minimum Gasteiger partial charge on any atom is -0.481 e. The Balaban J connectivity index is 0. The predicted octanol–water partition coefficient (Wildman–Crippen LogP) is -0.348. The van der Waals surface area contributed by atoms with Crippen molar-refractivity contribution in [3.05, 3.63) is 0 Å². The molecule has 0 saturated carbocycles. The number of rotatable bonds is 14. The molecule has 0 aliphatic heterocycles. The van der Waals surface area contributed by atoms with Gasteiger partial charge in [0.05, 0.1) is 6.61 Å². The van der Waals surface area contributed by atoms with Gasteiger partial charge in [-0.05, 0) is 25.7 Å². The number of hydrogen-bond acceptors (Lipinski definition) is 9. The maximum atomic E-state index is 11.0. The van der Waals surface area contributed by atoms with E-state index in [0.717, 1.165) is 0 Å². The highest BCUT2D eigenvalue weighted by Gasteiger charge is 2.07. The lowest BCUT2D eigenvalue weighted by Crippen LogP contribution is -2.17. The van der Waals surface area contributed by atoms with Crippen LogP contribution in [0.4, 0.5) is 0 Å². The summed E-state index contributed by atoms with van der Waals surface area (Å²) in [6.45, 7) is -0.672. The Morgan fingerprint density at radius 1 is 0.704 bits per heavy atom. The first kappa shape index (κ1) is 27.0. The lowest BCUT2D eigenvalue weighted by Gasteiger charge is -2.05. The van der Waals surface area contributed by atoms with Crippen molar-refractivity contribution in [2.75, 3.05) is 19.8 Å². The largest absolute Gasteiger partial charge is 0.481 e. The third kappa shape index (κ3) is 26.1. The van der Waals surface area contributed by atoms with Crippen molar-refractivity contribution in [2.24, 2.45) is 0 Å². The van der Waals surface area contributed by atoms with Gasteiger partial charge in [-0.3, -0.25) is 19.2 Å². The fraction of sp³-hybridized carbons (Fsp3) is 0.750. The first-order valence-corrected chi connectivity index (χ1v) is 8.40. The molecule has 0 bridgehead atoms. The molecule has 0 fully saturated rings. The Labute approximate surface area is 156 Å². The average molecular weight is 396 g/mol. The van der Waals surface area contributed by atoms with E-state index in [0.29, 0.717) is 25.7 Å². The number of hydrogen-bond donors (Lipinski definition) is 5. The van der Waals surface area contributed by atoms with Crippen molar-refractivity contribution in [2.45, 2.75) is 57.7 Å². The van der Waals surface area contributed by atoms with E-state index in [1.54, 1.807) is 0 Å². The van der Waals surface area contributed by atoms with Gasteiger partial charge in [0.1, 0.15) is 13.2 Å². The summed E-state index contributed by atoms with van der Waals surface area (Å²) in [7, 11) is 0. The number of aliphatic carboxylic acids is 2. The van der Waals surface area contributed by atoms with Crippen molar-refractivity contribution in [3.63, 3.8) is 0 Å². The highest BCUT2D eigenvalue weighted by atomic mass is 16.6. The van der Waals surface area contributed by atoms with Crippen LogP contribution in [0, 0.1) is 0 Å². The fourth-order valence-corrected chi connectivity index (χ4v) is 1.56. The van der Waals surface area contributed by atoms with Gasteiger partial charge < -0.3 is 35.0 Å². The van der Waals surface area contributed by atoms with Crippen LogP contribution in [0.5, 0.6) is 0 Å². The molecule has 0 aromatic rings. The van der Waals surface area contributed by atoms with Crippen molar-refractivity contribution >= 4 is 23.9 Å². The SMILES string of the molecule is O=C(CCCCC(=O)OCC(O)O)OCCO.O=C(O)CCCCC(=O)O. The van der Waals surface area contributed by atoms with Gasteiger partial charge in [0.25, 0.3) is 0 Å². The lowest BCUT2D eigenvalue weighted by molar-refractivity contribution is -0.156. The second-order valence-electron chi connectivity index (χ2n) is 5.31. The molecule has 5 N–H and O–H groups in total. The van der Waals surface area contributed by atoms with Crippen LogP contribution < -0.4 is 0 Å². The Hall–Kier alpha value is -2.24. The molecule has 0 heterocycles. The standard InChI is InChI=1S/C10H18O7.C6H10O4/c11-5-6-16-9(14)3-1-2-4-10(15)17-7-8(12)13;7-5(8)3-1-2-4-6(9)10/h8,11-13H,1-7H2;1-4H2,(H,7,8)(H,9,10). The lowest BCUT2D eigenvalue weighted by atomic mass is 10.2. The van der Waals surface area contributed by atoms with Crippen LogP contribution in [0.2, 0.25) is 0 Å². The second-order valence-corrected chi connectivity index (χ2v) is 5.31. The maximum absolute atomic E-state index is 11.0. The van der Waals surface area contributed by atoms with Crippen molar-refractivity contribution in [3.8, 4) is 0 Å². The molecule has 158 valence electrons. The van der Waals surface area contributed by atoms with Gasteiger partial charge >= 0.3 is 23.9 Å². The molecular weight excluding hydrogens is 368 g/mol. The molecule has 0 radical (unpaired) electrons. The zero-order valence-corrected chi connectivity index (χ0v) is 15.0. The normalized spacial score (nSPS) is 9.93.